The van der Waals surface area contributed by atoms with Crippen LogP contribution in [0.4, 0.5) is 0 Å². The van der Waals surface area contributed by atoms with Crippen LogP contribution in [-0.4, -0.2) is 19.0 Å². The van der Waals surface area contributed by atoms with Gasteiger partial charge in [-0.15, -0.1) is 11.8 Å². The van der Waals surface area contributed by atoms with E-state index < -0.39 is 0 Å². The molecule has 0 aromatic heterocycles. The van der Waals surface area contributed by atoms with Crippen molar-refractivity contribution in [3.05, 3.63) is 0 Å². The normalized spacial score (nSPS) is 24.4. The maximum atomic E-state index is 11.9. The van der Waals surface area contributed by atoms with Gasteiger partial charge < -0.3 is 11.1 Å². The fourth-order valence-electron chi connectivity index (χ4n) is 2.34. The van der Waals surface area contributed by atoms with Crippen LogP contribution in [0.1, 0.15) is 39.0 Å². The van der Waals surface area contributed by atoms with Crippen LogP contribution in [0, 0.1) is 23.7 Å². The average molecular weight is 222 g/mol. The third-order valence-corrected chi connectivity index (χ3v) is 3.27. The maximum Gasteiger partial charge on any atom is 0.223 e. The third kappa shape index (κ3) is 3.86. The molecule has 2 unspecified atom stereocenters. The van der Waals surface area contributed by atoms with Crippen LogP contribution in [0.3, 0.4) is 0 Å². The van der Waals surface area contributed by atoms with Gasteiger partial charge in [0.15, 0.2) is 0 Å². The number of hydrogen-bond acceptors (Lipinski definition) is 2. The number of nitrogens with one attached hydrogen (secondary N) is 1. The van der Waals surface area contributed by atoms with Crippen molar-refractivity contribution < 1.29 is 4.79 Å². The predicted molar refractivity (Wildman–Crippen MR) is 65.6 cm³/mol. The van der Waals surface area contributed by atoms with E-state index in [1.54, 1.807) is 0 Å². The Labute approximate surface area is 98.2 Å². The number of amides is 1. The molecule has 0 spiro atoms. The first-order valence-corrected chi connectivity index (χ1v) is 6.17. The Kier molecular flexibility index (Phi) is 5.95. The van der Waals surface area contributed by atoms with Gasteiger partial charge in [-0.1, -0.05) is 12.8 Å². The van der Waals surface area contributed by atoms with Gasteiger partial charge >= 0.3 is 0 Å². The van der Waals surface area contributed by atoms with Gasteiger partial charge in [0.1, 0.15) is 0 Å². The molecule has 3 nitrogen and oxygen atoms in total. The van der Waals surface area contributed by atoms with Crippen LogP contribution < -0.4 is 11.1 Å². The highest BCUT2D eigenvalue weighted by Crippen LogP contribution is 2.29. The number of hydrogen-bond donors (Lipinski definition) is 2. The van der Waals surface area contributed by atoms with Crippen molar-refractivity contribution in [3.8, 4) is 11.8 Å². The standard InChI is InChI=1S/C13H22N2O/c1-2-3-6-9-15-13(16)12-8-5-4-7-11(12)10-14/h11-12H,4-10,14H2,1H3,(H,15,16). The van der Waals surface area contributed by atoms with Crippen molar-refractivity contribution in [1.82, 2.24) is 5.32 Å². The van der Waals surface area contributed by atoms with Gasteiger partial charge in [-0.3, -0.25) is 4.79 Å². The molecule has 16 heavy (non-hydrogen) atoms. The molecule has 1 amide bonds. The van der Waals surface area contributed by atoms with Gasteiger partial charge in [0.25, 0.3) is 0 Å². The SMILES string of the molecule is CC#CCCNC(=O)C1CCCCC1CN. The molecule has 1 rings (SSSR count). The molecule has 3 heteroatoms. The molecule has 0 aromatic carbocycles. The smallest absolute Gasteiger partial charge is 0.223 e. The zero-order chi connectivity index (χ0) is 11.8. The fourth-order valence-corrected chi connectivity index (χ4v) is 2.34. The van der Waals surface area contributed by atoms with Crippen molar-refractivity contribution in [3.63, 3.8) is 0 Å². The van der Waals surface area contributed by atoms with E-state index in [0.29, 0.717) is 19.0 Å². The molecule has 3 N–H and O–H groups in total. The van der Waals surface area contributed by atoms with Crippen LogP contribution in [0.15, 0.2) is 0 Å². The molecule has 1 fully saturated rings. The lowest BCUT2D eigenvalue weighted by Gasteiger charge is -2.29. The van der Waals surface area contributed by atoms with Crippen LogP contribution in [-0.2, 0) is 4.79 Å². The summed E-state index contributed by atoms with van der Waals surface area (Å²) in [6.45, 7) is 3.10. The zero-order valence-corrected chi connectivity index (χ0v) is 10.1. The van der Waals surface area contributed by atoms with Gasteiger partial charge in [0, 0.05) is 18.9 Å². The first-order chi connectivity index (χ1) is 7.79. The summed E-state index contributed by atoms with van der Waals surface area (Å²) >= 11 is 0. The van der Waals surface area contributed by atoms with Crippen molar-refractivity contribution in [1.29, 1.82) is 0 Å². The quantitative estimate of drug-likeness (QED) is 0.556. The first-order valence-electron chi connectivity index (χ1n) is 6.17. The lowest BCUT2D eigenvalue weighted by molar-refractivity contribution is -0.127. The Balaban J connectivity index is 2.34. The Morgan fingerprint density at radius 3 is 2.88 bits per heavy atom. The van der Waals surface area contributed by atoms with Crippen LogP contribution in [0.25, 0.3) is 0 Å². The lowest BCUT2D eigenvalue weighted by Crippen LogP contribution is -2.39. The summed E-state index contributed by atoms with van der Waals surface area (Å²) < 4.78 is 0. The van der Waals surface area contributed by atoms with E-state index in [2.05, 4.69) is 17.2 Å². The average Bonchev–Trinajstić information content (AvgIpc) is 2.34. The van der Waals surface area contributed by atoms with Crippen molar-refractivity contribution in [2.45, 2.75) is 39.0 Å². The highest BCUT2D eigenvalue weighted by Gasteiger charge is 2.29. The Morgan fingerprint density at radius 2 is 2.19 bits per heavy atom. The first kappa shape index (κ1) is 13.1. The number of carbonyl (C=O) groups excluding carboxylic acids is 1. The van der Waals surface area contributed by atoms with E-state index in [-0.39, 0.29) is 11.8 Å². The Hall–Kier alpha value is -1.01. The molecule has 2 atom stereocenters. The minimum absolute atomic E-state index is 0.133. The van der Waals surface area contributed by atoms with Crippen molar-refractivity contribution in [2.24, 2.45) is 17.6 Å². The molecule has 0 aliphatic heterocycles. The monoisotopic (exact) mass is 222 g/mol. The van der Waals surface area contributed by atoms with E-state index in [1.807, 2.05) is 6.92 Å². The van der Waals surface area contributed by atoms with E-state index in [1.165, 1.54) is 6.42 Å². The maximum absolute atomic E-state index is 11.9. The van der Waals surface area contributed by atoms with Crippen LogP contribution in [0.2, 0.25) is 0 Å². The van der Waals surface area contributed by atoms with Crippen molar-refractivity contribution in [2.75, 3.05) is 13.1 Å². The second-order valence-electron chi connectivity index (χ2n) is 4.35. The number of carbonyl (C=O) groups is 1. The topological polar surface area (TPSA) is 55.1 Å². The summed E-state index contributed by atoms with van der Waals surface area (Å²) in [6.07, 6.45) is 5.20. The Bertz CT molecular complexity index is 277. The molecular weight excluding hydrogens is 200 g/mol. The Morgan fingerprint density at radius 1 is 1.44 bits per heavy atom. The molecule has 1 aliphatic rings. The summed E-state index contributed by atoms with van der Waals surface area (Å²) in [5, 5.41) is 2.95. The molecule has 0 bridgehead atoms. The van der Waals surface area contributed by atoms with E-state index in [4.69, 9.17) is 5.73 Å². The predicted octanol–water partition coefficient (Wildman–Crippen LogP) is 1.28. The minimum Gasteiger partial charge on any atom is -0.355 e. The molecule has 90 valence electrons. The van der Waals surface area contributed by atoms with Crippen molar-refractivity contribution >= 4 is 5.91 Å². The largest absolute Gasteiger partial charge is 0.355 e. The highest BCUT2D eigenvalue weighted by molar-refractivity contribution is 5.79. The molecule has 0 saturated heterocycles. The number of rotatable bonds is 4. The number of nitrogens with two attached hydrogens (primary N) is 1. The summed E-state index contributed by atoms with van der Waals surface area (Å²) in [7, 11) is 0. The zero-order valence-electron chi connectivity index (χ0n) is 10.1. The van der Waals surface area contributed by atoms with Gasteiger partial charge in [0.2, 0.25) is 5.91 Å². The van der Waals surface area contributed by atoms with E-state index in [9.17, 15) is 4.79 Å². The van der Waals surface area contributed by atoms with Gasteiger partial charge in [-0.25, -0.2) is 0 Å². The lowest BCUT2D eigenvalue weighted by atomic mass is 9.79. The van der Waals surface area contributed by atoms with Crippen LogP contribution >= 0.6 is 0 Å². The second kappa shape index (κ2) is 7.29. The van der Waals surface area contributed by atoms with Gasteiger partial charge in [-0.2, -0.15) is 0 Å². The summed E-state index contributed by atoms with van der Waals surface area (Å²) in [5.74, 6) is 6.45. The minimum atomic E-state index is 0.133. The molecule has 0 heterocycles. The third-order valence-electron chi connectivity index (χ3n) is 3.27. The molecule has 1 saturated carbocycles. The molecule has 0 radical (unpaired) electrons. The molecule has 0 aromatic rings. The summed E-state index contributed by atoms with van der Waals surface area (Å²) in [5.41, 5.74) is 5.71. The molecular formula is C13H22N2O. The van der Waals surface area contributed by atoms with E-state index >= 15 is 0 Å². The van der Waals surface area contributed by atoms with Crippen LogP contribution in [0.5, 0.6) is 0 Å². The molecule has 1 aliphatic carbocycles. The summed E-state index contributed by atoms with van der Waals surface area (Å²) in [6, 6.07) is 0. The van der Waals surface area contributed by atoms with Gasteiger partial charge in [-0.05, 0) is 32.2 Å². The highest BCUT2D eigenvalue weighted by atomic mass is 16.1. The second-order valence-corrected chi connectivity index (χ2v) is 4.35. The van der Waals surface area contributed by atoms with Gasteiger partial charge in [0.05, 0.1) is 0 Å². The van der Waals surface area contributed by atoms with E-state index in [0.717, 1.165) is 25.7 Å². The summed E-state index contributed by atoms with van der Waals surface area (Å²) in [4.78, 5) is 11.9. The fraction of sp³-hybridized carbons (Fsp3) is 0.769.